The summed E-state index contributed by atoms with van der Waals surface area (Å²) in [5.41, 5.74) is 1.81. The Balaban J connectivity index is 1.84. The van der Waals surface area contributed by atoms with Gasteiger partial charge < -0.3 is 5.32 Å². The number of carbonyl (C=O) groups excluding carboxylic acids is 1. The maximum atomic E-state index is 12.9. The van der Waals surface area contributed by atoms with E-state index >= 15 is 0 Å². The predicted octanol–water partition coefficient (Wildman–Crippen LogP) is 3.17. The van der Waals surface area contributed by atoms with Crippen molar-refractivity contribution in [1.82, 2.24) is 4.31 Å². The van der Waals surface area contributed by atoms with E-state index in [1.54, 1.807) is 0 Å². The summed E-state index contributed by atoms with van der Waals surface area (Å²) in [5, 5.41) is 2.77. The van der Waals surface area contributed by atoms with Crippen LogP contribution in [-0.4, -0.2) is 32.2 Å². The number of benzene rings is 2. The molecule has 0 saturated heterocycles. The Morgan fingerprint density at radius 2 is 1.68 bits per heavy atom. The minimum absolute atomic E-state index is 0.0282. The molecule has 0 aromatic heterocycles. The van der Waals surface area contributed by atoms with E-state index < -0.39 is 15.8 Å². The number of aryl methyl sites for hydroxylation is 1. The molecule has 0 radical (unpaired) electrons. The lowest BCUT2D eigenvalue weighted by Crippen LogP contribution is -2.28. The Bertz CT molecular complexity index is 818. The number of sulfonamides is 1. The molecule has 0 aliphatic rings. The number of amides is 1. The zero-order valence-corrected chi connectivity index (χ0v) is 15.0. The number of carbonyl (C=O) groups is 1. The first-order valence-corrected chi connectivity index (χ1v) is 9.31. The Labute approximate surface area is 147 Å². The zero-order chi connectivity index (χ0) is 18.4. The third-order valence-electron chi connectivity index (χ3n) is 3.73. The molecule has 2 rings (SSSR count). The monoisotopic (exact) mass is 364 g/mol. The van der Waals surface area contributed by atoms with Crippen molar-refractivity contribution in [3.8, 4) is 0 Å². The highest BCUT2D eigenvalue weighted by molar-refractivity contribution is 7.89. The Kier molecular flexibility index (Phi) is 6.27. The van der Waals surface area contributed by atoms with Crippen LogP contribution < -0.4 is 5.32 Å². The van der Waals surface area contributed by atoms with Gasteiger partial charge in [-0.2, -0.15) is 0 Å². The quantitative estimate of drug-likeness (QED) is 0.821. The van der Waals surface area contributed by atoms with Crippen molar-refractivity contribution in [3.63, 3.8) is 0 Å². The molecule has 2 aromatic carbocycles. The van der Waals surface area contributed by atoms with Crippen LogP contribution in [0.25, 0.3) is 0 Å². The van der Waals surface area contributed by atoms with Crippen LogP contribution >= 0.6 is 0 Å². The molecular formula is C18H21FN2O3S. The normalized spacial score (nSPS) is 11.5. The minimum atomic E-state index is -3.68. The maximum Gasteiger partial charge on any atom is 0.242 e. The summed E-state index contributed by atoms with van der Waals surface area (Å²) in [4.78, 5) is 11.9. The van der Waals surface area contributed by atoms with Crippen LogP contribution in [0.4, 0.5) is 10.1 Å². The van der Waals surface area contributed by atoms with E-state index in [1.165, 1.54) is 23.5 Å². The minimum Gasteiger partial charge on any atom is -0.326 e. The SMILES string of the molecule is Cc1ccc(NC(=O)CCCN(C)S(=O)(=O)c2ccc(F)cc2)cc1. The molecule has 0 unspecified atom stereocenters. The molecule has 1 N–H and O–H groups in total. The van der Waals surface area contributed by atoms with E-state index in [4.69, 9.17) is 0 Å². The largest absolute Gasteiger partial charge is 0.326 e. The number of halogens is 1. The van der Waals surface area contributed by atoms with Gasteiger partial charge in [0, 0.05) is 25.7 Å². The molecule has 0 bridgehead atoms. The van der Waals surface area contributed by atoms with Gasteiger partial charge in [-0.25, -0.2) is 17.1 Å². The Hall–Kier alpha value is -2.25. The van der Waals surface area contributed by atoms with Crippen LogP contribution in [0.5, 0.6) is 0 Å². The second-order valence-electron chi connectivity index (χ2n) is 5.80. The van der Waals surface area contributed by atoms with Crippen LogP contribution in [0.2, 0.25) is 0 Å². The topological polar surface area (TPSA) is 66.5 Å². The second-order valence-corrected chi connectivity index (χ2v) is 7.84. The molecule has 0 fully saturated rings. The number of hydrogen-bond acceptors (Lipinski definition) is 3. The average Bonchev–Trinajstić information content (AvgIpc) is 2.57. The van der Waals surface area contributed by atoms with Gasteiger partial charge in [0.15, 0.2) is 0 Å². The lowest BCUT2D eigenvalue weighted by Gasteiger charge is -2.17. The Morgan fingerprint density at radius 1 is 1.08 bits per heavy atom. The molecule has 0 saturated carbocycles. The van der Waals surface area contributed by atoms with E-state index in [9.17, 15) is 17.6 Å². The molecule has 0 spiro atoms. The highest BCUT2D eigenvalue weighted by atomic mass is 32.2. The van der Waals surface area contributed by atoms with Crippen molar-refractivity contribution < 1.29 is 17.6 Å². The molecule has 2 aromatic rings. The number of nitrogens with zero attached hydrogens (tertiary/aromatic N) is 1. The third kappa shape index (κ3) is 5.37. The van der Waals surface area contributed by atoms with Crippen molar-refractivity contribution in [1.29, 1.82) is 0 Å². The summed E-state index contributed by atoms with van der Waals surface area (Å²) in [7, 11) is -2.24. The summed E-state index contributed by atoms with van der Waals surface area (Å²) in [5.74, 6) is -0.661. The molecule has 7 heteroatoms. The van der Waals surface area contributed by atoms with Crippen molar-refractivity contribution >= 4 is 21.6 Å². The fourth-order valence-corrected chi connectivity index (χ4v) is 3.44. The first-order chi connectivity index (χ1) is 11.8. The average molecular weight is 364 g/mol. The number of hydrogen-bond donors (Lipinski definition) is 1. The van der Waals surface area contributed by atoms with Gasteiger partial charge in [0.2, 0.25) is 15.9 Å². The van der Waals surface area contributed by atoms with Crippen LogP contribution in [0.15, 0.2) is 53.4 Å². The lowest BCUT2D eigenvalue weighted by molar-refractivity contribution is -0.116. The molecule has 0 heterocycles. The number of nitrogens with one attached hydrogen (secondary N) is 1. The van der Waals surface area contributed by atoms with Crippen molar-refractivity contribution in [2.24, 2.45) is 0 Å². The standard InChI is InChI=1S/C18H21FN2O3S/c1-14-5-9-16(10-6-14)20-18(22)4-3-13-21(2)25(23,24)17-11-7-15(19)8-12-17/h5-12H,3-4,13H2,1-2H3,(H,20,22). The third-order valence-corrected chi connectivity index (χ3v) is 5.61. The van der Waals surface area contributed by atoms with Crippen LogP contribution in [-0.2, 0) is 14.8 Å². The molecule has 0 aliphatic heterocycles. The van der Waals surface area contributed by atoms with Crippen molar-refractivity contribution in [2.45, 2.75) is 24.7 Å². The van der Waals surface area contributed by atoms with Gasteiger partial charge in [-0.15, -0.1) is 0 Å². The summed E-state index contributed by atoms with van der Waals surface area (Å²) in [6.07, 6.45) is 0.589. The highest BCUT2D eigenvalue weighted by Crippen LogP contribution is 2.15. The first-order valence-electron chi connectivity index (χ1n) is 7.87. The predicted molar refractivity (Wildman–Crippen MR) is 95.3 cm³/mol. The van der Waals surface area contributed by atoms with Crippen LogP contribution in [0, 0.1) is 12.7 Å². The van der Waals surface area contributed by atoms with E-state index in [2.05, 4.69) is 5.32 Å². The zero-order valence-electron chi connectivity index (χ0n) is 14.2. The van der Waals surface area contributed by atoms with Gasteiger partial charge in [-0.05, 0) is 49.7 Å². The Morgan fingerprint density at radius 3 is 2.28 bits per heavy atom. The molecular weight excluding hydrogens is 343 g/mol. The lowest BCUT2D eigenvalue weighted by atomic mass is 10.2. The molecule has 134 valence electrons. The van der Waals surface area contributed by atoms with Crippen molar-refractivity contribution in [2.75, 3.05) is 18.9 Å². The molecule has 25 heavy (non-hydrogen) atoms. The molecule has 5 nitrogen and oxygen atoms in total. The maximum absolute atomic E-state index is 12.9. The number of anilines is 1. The van der Waals surface area contributed by atoms with Crippen molar-refractivity contribution in [3.05, 3.63) is 59.9 Å². The van der Waals surface area contributed by atoms with Gasteiger partial charge in [0.05, 0.1) is 4.90 Å². The second kappa shape index (κ2) is 8.22. The summed E-state index contributed by atoms with van der Waals surface area (Å²) in [6, 6.07) is 12.1. The van der Waals surface area contributed by atoms with E-state index in [-0.39, 0.29) is 23.8 Å². The van der Waals surface area contributed by atoms with E-state index in [0.29, 0.717) is 12.1 Å². The van der Waals surface area contributed by atoms with E-state index in [1.807, 2.05) is 31.2 Å². The summed E-state index contributed by atoms with van der Waals surface area (Å²) in [6.45, 7) is 2.16. The van der Waals surface area contributed by atoms with Crippen LogP contribution in [0.3, 0.4) is 0 Å². The first kappa shape index (κ1) is 19.1. The molecule has 0 aliphatic carbocycles. The highest BCUT2D eigenvalue weighted by Gasteiger charge is 2.20. The summed E-state index contributed by atoms with van der Waals surface area (Å²) >= 11 is 0. The summed E-state index contributed by atoms with van der Waals surface area (Å²) < 4.78 is 38.8. The number of rotatable bonds is 7. The van der Waals surface area contributed by atoms with Crippen LogP contribution in [0.1, 0.15) is 18.4 Å². The van der Waals surface area contributed by atoms with Gasteiger partial charge in [0.25, 0.3) is 0 Å². The van der Waals surface area contributed by atoms with Gasteiger partial charge in [0.1, 0.15) is 5.82 Å². The smallest absolute Gasteiger partial charge is 0.242 e. The molecule has 1 amide bonds. The van der Waals surface area contributed by atoms with Gasteiger partial charge in [-0.1, -0.05) is 17.7 Å². The van der Waals surface area contributed by atoms with Gasteiger partial charge in [-0.3, -0.25) is 4.79 Å². The molecule has 0 atom stereocenters. The fourth-order valence-electron chi connectivity index (χ4n) is 2.23. The fraction of sp³-hybridized carbons (Fsp3) is 0.278. The van der Waals surface area contributed by atoms with Gasteiger partial charge >= 0.3 is 0 Å². The van der Waals surface area contributed by atoms with E-state index in [0.717, 1.165) is 17.7 Å².